The van der Waals surface area contributed by atoms with E-state index in [9.17, 15) is 48.3 Å². The molecule has 476 valence electrons. The molecule has 1 aromatic rings. The molecule has 9 atom stereocenters. The lowest BCUT2D eigenvalue weighted by Gasteiger charge is -2.28. The monoisotopic (exact) mass is 1210 g/mol. The zero-order valence-corrected chi connectivity index (χ0v) is 49.7. The minimum absolute atomic E-state index is 0.0302. The van der Waals surface area contributed by atoms with Gasteiger partial charge in [0.1, 0.15) is 54.1 Å². The van der Waals surface area contributed by atoms with Crippen molar-refractivity contribution in [2.75, 3.05) is 51.3 Å². The van der Waals surface area contributed by atoms with Gasteiger partial charge in [0.2, 0.25) is 53.2 Å². The Morgan fingerprint density at radius 1 is 0.440 bits per heavy atom. The van der Waals surface area contributed by atoms with Crippen molar-refractivity contribution < 1.29 is 48.3 Å². The fraction of sp³-hybridized carbons (Fsp3) is 0.679. The average molecular weight is 1210 g/mol. The van der Waals surface area contributed by atoms with Gasteiger partial charge in [-0.15, -0.1) is 0 Å². The number of rotatable bonds is 46. The number of thioether (sulfide) groups is 1. The van der Waals surface area contributed by atoms with Gasteiger partial charge in [-0.05, 0) is 172 Å². The van der Waals surface area contributed by atoms with Crippen LogP contribution in [0, 0.1) is 0 Å². The molecule has 1 aromatic carbocycles. The molecule has 9 amide bonds. The summed E-state index contributed by atoms with van der Waals surface area (Å²) >= 11 is 1.37. The van der Waals surface area contributed by atoms with Gasteiger partial charge in [-0.3, -0.25) is 53.1 Å². The lowest BCUT2D eigenvalue weighted by molar-refractivity contribution is -0.136. The summed E-state index contributed by atoms with van der Waals surface area (Å²) in [5, 5.41) is 31.6. The molecule has 84 heavy (non-hydrogen) atoms. The Hall–Kier alpha value is -7.06. The first kappa shape index (κ1) is 75.0. The highest BCUT2D eigenvalue weighted by atomic mass is 32.2. The number of guanidine groups is 2. The Labute approximate surface area is 497 Å². The van der Waals surface area contributed by atoms with Crippen LogP contribution in [0.2, 0.25) is 0 Å². The Kier molecular flexibility index (Phi) is 38.9. The third kappa shape index (κ3) is 32.1. The van der Waals surface area contributed by atoms with Crippen molar-refractivity contribution in [2.24, 2.45) is 67.3 Å². The number of aromatic hydroxyl groups is 1. The second-order valence-electron chi connectivity index (χ2n) is 20.4. The van der Waals surface area contributed by atoms with Crippen molar-refractivity contribution in [3.05, 3.63) is 29.8 Å². The van der Waals surface area contributed by atoms with Gasteiger partial charge in [0, 0.05) is 19.5 Å². The van der Waals surface area contributed by atoms with Gasteiger partial charge in [0.25, 0.3) is 0 Å². The molecule has 0 fully saturated rings. The summed E-state index contributed by atoms with van der Waals surface area (Å²) in [6, 6.07) is -5.06. The predicted octanol–water partition coefficient (Wildman–Crippen LogP) is -4.98. The Morgan fingerprint density at radius 2 is 0.774 bits per heavy atom. The highest BCUT2D eigenvalue weighted by Crippen LogP contribution is 2.14. The van der Waals surface area contributed by atoms with Crippen LogP contribution < -0.4 is 99.9 Å². The van der Waals surface area contributed by atoms with Crippen molar-refractivity contribution in [3.63, 3.8) is 0 Å². The third-order valence-electron chi connectivity index (χ3n) is 13.2. The van der Waals surface area contributed by atoms with Gasteiger partial charge in [0.15, 0.2) is 11.9 Å². The number of hydrogen-bond acceptors (Lipinski definition) is 18. The van der Waals surface area contributed by atoms with Crippen LogP contribution in [0.15, 0.2) is 34.3 Å². The summed E-state index contributed by atoms with van der Waals surface area (Å²) < 4.78 is 0. The van der Waals surface area contributed by atoms with Gasteiger partial charge in [-0.1, -0.05) is 12.1 Å². The molecule has 0 spiro atoms. The van der Waals surface area contributed by atoms with Crippen LogP contribution in [0.25, 0.3) is 0 Å². The van der Waals surface area contributed by atoms with Gasteiger partial charge in [0.05, 0.1) is 6.04 Å². The van der Waals surface area contributed by atoms with E-state index in [1.165, 1.54) is 43.0 Å². The number of hydrogen-bond donors (Lipinski definition) is 19. The number of nitrogens with two attached hydrogens (primary N) is 10. The summed E-state index contributed by atoms with van der Waals surface area (Å²) in [5.41, 5.74) is 56.9. The molecule has 0 aliphatic rings. The van der Waals surface area contributed by atoms with Gasteiger partial charge >= 0.3 is 0 Å². The van der Waals surface area contributed by atoms with Crippen LogP contribution in [0.1, 0.15) is 122 Å². The van der Waals surface area contributed by atoms with Crippen LogP contribution in [0.3, 0.4) is 0 Å². The summed E-state index contributed by atoms with van der Waals surface area (Å²) in [5.74, 6) is -6.76. The molecule has 0 unspecified atom stereocenters. The predicted molar refractivity (Wildman–Crippen MR) is 325 cm³/mol. The highest BCUT2D eigenvalue weighted by Gasteiger charge is 2.34. The maximum absolute atomic E-state index is 14.5. The van der Waals surface area contributed by atoms with E-state index in [-0.39, 0.29) is 95.1 Å². The first-order valence-electron chi connectivity index (χ1n) is 28.7. The van der Waals surface area contributed by atoms with Gasteiger partial charge < -0.3 is 105 Å². The second-order valence-corrected chi connectivity index (χ2v) is 21.3. The summed E-state index contributed by atoms with van der Waals surface area (Å²) in [4.78, 5) is 132. The van der Waals surface area contributed by atoms with Crippen LogP contribution in [0.5, 0.6) is 5.75 Å². The molecule has 0 aliphatic heterocycles. The largest absolute Gasteiger partial charge is 0.508 e. The Bertz CT molecular complexity index is 2240. The topological polar surface area (TPSA) is 555 Å². The molecule has 0 saturated carbocycles. The maximum atomic E-state index is 14.5. The van der Waals surface area contributed by atoms with Crippen LogP contribution >= 0.6 is 11.8 Å². The lowest BCUT2D eigenvalue weighted by Crippen LogP contribution is -2.60. The standard InChI is InChI=1S/C53H98N20O10S/c1-32(44(76)68-40(18-12-29-65-53(62)63)49(81)70-38(16-5-9-26-56)47(79)67-36(43(59)75)14-3-7-24-54)66-46(78)41(23-30-84-2)72-51(83)42(31-33-19-21-34(74)22-20-33)73-50(82)39(17-6-10-27-57)71-48(80)37(15-4-8-25-55)69-45(77)35(58)13-11-28-64-52(60)61/h19-22,32,35-42,74H,3-18,23-31,54-58H2,1-2H3,(H2,59,75)(H,66,78)(H,67,79)(H,68,76)(H,69,77)(H,70,81)(H,71,80)(H,72,83)(H,73,82)(H4,60,61,64)(H4,62,63,65)/t32-,35-,36-,37-,38-,39-,40-,41-,42-/m0/s1. The summed E-state index contributed by atoms with van der Waals surface area (Å²) in [6.07, 6.45) is 6.83. The van der Waals surface area contributed by atoms with E-state index in [0.29, 0.717) is 88.7 Å². The van der Waals surface area contributed by atoms with E-state index in [2.05, 4.69) is 52.5 Å². The number of nitrogens with zero attached hydrogens (tertiary/aromatic N) is 2. The van der Waals surface area contributed by atoms with E-state index < -0.39 is 108 Å². The number of primary amides is 1. The molecule has 29 N–H and O–H groups in total. The molecule has 0 aromatic heterocycles. The fourth-order valence-electron chi connectivity index (χ4n) is 8.38. The van der Waals surface area contributed by atoms with E-state index in [1.807, 2.05) is 0 Å². The number of benzene rings is 1. The average Bonchev–Trinajstić information content (AvgIpc) is 3.62. The molecule has 31 heteroatoms. The smallest absolute Gasteiger partial charge is 0.243 e. The van der Waals surface area contributed by atoms with Gasteiger partial charge in [-0.25, -0.2) is 0 Å². The second kappa shape index (κ2) is 43.6. The van der Waals surface area contributed by atoms with Crippen molar-refractivity contribution in [1.29, 1.82) is 0 Å². The number of phenolic OH excluding ortho intramolecular Hbond substituents is 1. The van der Waals surface area contributed by atoms with Crippen molar-refractivity contribution in [1.82, 2.24) is 42.5 Å². The molecular weight excluding hydrogens is 1110 g/mol. The Balaban J connectivity index is 3.54. The number of carbonyl (C=O) groups is 9. The molecule has 0 saturated heterocycles. The van der Waals surface area contributed by atoms with Crippen LogP contribution in [-0.2, 0) is 49.6 Å². The minimum Gasteiger partial charge on any atom is -0.508 e. The third-order valence-corrected chi connectivity index (χ3v) is 13.9. The van der Waals surface area contributed by atoms with Crippen LogP contribution in [-0.4, -0.2) is 176 Å². The summed E-state index contributed by atoms with van der Waals surface area (Å²) in [6.45, 7) is 2.93. The van der Waals surface area contributed by atoms with Gasteiger partial charge in [-0.2, -0.15) is 11.8 Å². The van der Waals surface area contributed by atoms with E-state index in [0.717, 1.165) is 0 Å². The highest BCUT2D eigenvalue weighted by molar-refractivity contribution is 7.98. The molecular formula is C53H98N20O10S. The number of carbonyl (C=O) groups excluding carboxylic acids is 9. The van der Waals surface area contributed by atoms with E-state index in [4.69, 9.17) is 57.3 Å². The molecule has 0 bridgehead atoms. The molecule has 0 aliphatic carbocycles. The number of nitrogens with one attached hydrogen (secondary N) is 8. The fourth-order valence-corrected chi connectivity index (χ4v) is 8.86. The minimum atomic E-state index is -1.39. The zero-order valence-electron chi connectivity index (χ0n) is 48.9. The molecule has 30 nitrogen and oxygen atoms in total. The number of phenols is 1. The summed E-state index contributed by atoms with van der Waals surface area (Å²) in [7, 11) is 0. The first-order chi connectivity index (χ1) is 40.0. The first-order valence-corrected chi connectivity index (χ1v) is 30.1. The quantitative estimate of drug-likeness (QED) is 0.0165. The maximum Gasteiger partial charge on any atom is 0.243 e. The van der Waals surface area contributed by atoms with Crippen molar-refractivity contribution in [3.8, 4) is 5.75 Å². The molecule has 0 radical (unpaired) electrons. The van der Waals surface area contributed by atoms with Crippen molar-refractivity contribution >= 4 is 76.8 Å². The zero-order chi connectivity index (χ0) is 63.0. The van der Waals surface area contributed by atoms with Crippen molar-refractivity contribution in [2.45, 2.75) is 177 Å². The SMILES string of the molecule is CSCC[C@H](NC(=O)[C@H](Cc1ccc(O)cc1)NC(=O)[C@H](CCCCN)NC(=O)[C@H](CCCCN)NC(=O)[C@@H](N)CCCN=C(N)N)C(=O)N[C@@H](C)C(=O)N[C@@H](CCCN=C(N)N)C(=O)N[C@@H](CCCCN)C(=O)N[C@@H](CCCCN)C(N)=O. The number of unbranched alkanes of at least 4 members (excludes halogenated alkanes) is 4. The van der Waals surface area contributed by atoms with E-state index in [1.54, 1.807) is 6.26 Å². The normalized spacial score (nSPS) is 14.2. The molecule has 0 heterocycles. The molecule has 1 rings (SSSR count). The van der Waals surface area contributed by atoms with E-state index >= 15 is 0 Å². The lowest BCUT2D eigenvalue weighted by atomic mass is 10.0. The number of amides is 9. The number of aliphatic imine (C=N–C) groups is 2. The Morgan fingerprint density at radius 3 is 1.18 bits per heavy atom. The van der Waals surface area contributed by atoms with Crippen LogP contribution in [0.4, 0.5) is 0 Å².